The highest BCUT2D eigenvalue weighted by Crippen LogP contribution is 2.11. The van der Waals surface area contributed by atoms with E-state index in [9.17, 15) is 9.59 Å². The topological polar surface area (TPSA) is 161 Å². The average Bonchev–Trinajstić information content (AvgIpc) is 3.19. The van der Waals surface area contributed by atoms with Crippen LogP contribution in [0.4, 0.5) is 11.4 Å². The normalized spacial score (nSPS) is 11.7. The van der Waals surface area contributed by atoms with Gasteiger partial charge in [-0.25, -0.2) is 4.98 Å². The summed E-state index contributed by atoms with van der Waals surface area (Å²) in [5, 5.41) is 8.10. The number of benzene rings is 2. The van der Waals surface area contributed by atoms with Crippen molar-refractivity contribution in [1.82, 2.24) is 9.36 Å². The van der Waals surface area contributed by atoms with Crippen LogP contribution in [0.2, 0.25) is 0 Å². The van der Waals surface area contributed by atoms with Crippen LogP contribution in [0.25, 0.3) is 0 Å². The van der Waals surface area contributed by atoms with Crippen LogP contribution in [0.1, 0.15) is 10.8 Å². The van der Waals surface area contributed by atoms with Gasteiger partial charge in [-0.05, 0) is 35.8 Å². The van der Waals surface area contributed by atoms with Gasteiger partial charge in [-0.1, -0.05) is 36.4 Å². The molecular weight excluding hydrogens is 392 g/mol. The lowest BCUT2D eigenvalue weighted by Crippen LogP contribution is -2.27. The minimum Gasteiger partial charge on any atom is -0.364 e. The van der Waals surface area contributed by atoms with Crippen LogP contribution >= 0.6 is 11.5 Å². The van der Waals surface area contributed by atoms with Crippen molar-refractivity contribution < 1.29 is 9.59 Å². The van der Waals surface area contributed by atoms with E-state index in [0.29, 0.717) is 11.4 Å². The van der Waals surface area contributed by atoms with E-state index in [0.717, 1.165) is 11.5 Å². The number of anilines is 2. The zero-order valence-electron chi connectivity index (χ0n) is 14.9. The van der Waals surface area contributed by atoms with Crippen molar-refractivity contribution in [3.8, 4) is 0 Å². The Bertz CT molecular complexity index is 980. The second-order valence-electron chi connectivity index (χ2n) is 5.53. The van der Waals surface area contributed by atoms with E-state index in [4.69, 9.17) is 11.5 Å². The Morgan fingerprint density at radius 3 is 1.76 bits per heavy atom. The third-order valence-corrected chi connectivity index (χ3v) is 4.17. The highest BCUT2D eigenvalue weighted by Gasteiger charge is 2.21. The van der Waals surface area contributed by atoms with Crippen molar-refractivity contribution in [2.75, 3.05) is 10.9 Å². The maximum absolute atomic E-state index is 11.8. The Balaban J connectivity index is 1.85. The minimum atomic E-state index is -0.835. The lowest BCUT2D eigenvalue weighted by molar-refractivity contribution is -0.112. The lowest BCUT2D eigenvalue weighted by atomic mass is 10.3. The molecule has 6 N–H and O–H groups in total. The van der Waals surface area contributed by atoms with Gasteiger partial charge < -0.3 is 11.5 Å². The SMILES string of the molecule is NC(=O)/C(=N\Nc1ccccc1)c1nsc(/C(=N\Nc2ccccc2)C(N)=O)n1. The molecule has 0 aliphatic rings. The number of aromatic nitrogens is 2. The third-order valence-electron chi connectivity index (χ3n) is 3.45. The van der Waals surface area contributed by atoms with E-state index >= 15 is 0 Å². The Labute approximate surface area is 169 Å². The Kier molecular flexibility index (Phi) is 6.22. The minimum absolute atomic E-state index is 0.0467. The molecule has 0 unspecified atom stereocenters. The van der Waals surface area contributed by atoms with Gasteiger partial charge >= 0.3 is 0 Å². The molecule has 0 saturated carbocycles. The molecule has 10 nitrogen and oxygen atoms in total. The predicted molar refractivity (Wildman–Crippen MR) is 112 cm³/mol. The third kappa shape index (κ3) is 5.20. The zero-order valence-corrected chi connectivity index (χ0v) is 15.8. The molecular formula is C18H16N8O2S. The largest absolute Gasteiger partial charge is 0.364 e. The Morgan fingerprint density at radius 1 is 0.793 bits per heavy atom. The van der Waals surface area contributed by atoms with Crippen molar-refractivity contribution in [3.63, 3.8) is 0 Å². The molecule has 2 amide bonds. The van der Waals surface area contributed by atoms with Crippen LogP contribution in [0.15, 0.2) is 70.9 Å². The van der Waals surface area contributed by atoms with Gasteiger partial charge in [-0.15, -0.1) is 0 Å². The summed E-state index contributed by atoms with van der Waals surface area (Å²) in [6.07, 6.45) is 0. The number of amides is 2. The van der Waals surface area contributed by atoms with E-state index < -0.39 is 11.8 Å². The first-order valence-electron chi connectivity index (χ1n) is 8.26. The monoisotopic (exact) mass is 408 g/mol. The number of hydrogen-bond donors (Lipinski definition) is 4. The number of carbonyl (C=O) groups is 2. The predicted octanol–water partition coefficient (Wildman–Crippen LogP) is 1.14. The number of nitrogens with one attached hydrogen (secondary N) is 2. The molecule has 0 radical (unpaired) electrons. The summed E-state index contributed by atoms with van der Waals surface area (Å²) in [5.74, 6) is -1.69. The Morgan fingerprint density at radius 2 is 1.28 bits per heavy atom. The van der Waals surface area contributed by atoms with Gasteiger partial charge in [-0.2, -0.15) is 14.6 Å². The van der Waals surface area contributed by atoms with Crippen molar-refractivity contribution in [2.24, 2.45) is 21.7 Å². The van der Waals surface area contributed by atoms with Crippen molar-refractivity contribution in [2.45, 2.75) is 0 Å². The van der Waals surface area contributed by atoms with Crippen molar-refractivity contribution in [1.29, 1.82) is 0 Å². The van der Waals surface area contributed by atoms with E-state index in [1.807, 2.05) is 12.1 Å². The molecule has 0 saturated heterocycles. The van der Waals surface area contributed by atoms with Gasteiger partial charge in [0, 0.05) is 0 Å². The maximum atomic E-state index is 11.8. The van der Waals surface area contributed by atoms with Gasteiger partial charge in [0.05, 0.1) is 11.4 Å². The number of hydrazone groups is 2. The molecule has 0 bridgehead atoms. The summed E-state index contributed by atoms with van der Waals surface area (Å²) >= 11 is 0.839. The number of hydrogen-bond acceptors (Lipinski definition) is 9. The number of nitrogens with zero attached hydrogens (tertiary/aromatic N) is 4. The van der Waals surface area contributed by atoms with E-state index in [2.05, 4.69) is 30.4 Å². The van der Waals surface area contributed by atoms with Crippen LogP contribution in [0.5, 0.6) is 0 Å². The number of nitrogens with two attached hydrogens (primary N) is 2. The van der Waals surface area contributed by atoms with Gasteiger partial charge in [0.15, 0.2) is 22.3 Å². The second-order valence-corrected chi connectivity index (χ2v) is 6.28. The molecule has 146 valence electrons. The first-order valence-corrected chi connectivity index (χ1v) is 9.03. The zero-order chi connectivity index (χ0) is 20.6. The Hall–Kier alpha value is -4.12. The summed E-state index contributed by atoms with van der Waals surface area (Å²) in [7, 11) is 0. The fourth-order valence-corrected chi connectivity index (χ4v) is 2.77. The van der Waals surface area contributed by atoms with Crippen LogP contribution < -0.4 is 22.3 Å². The summed E-state index contributed by atoms with van der Waals surface area (Å²) in [5.41, 5.74) is 17.2. The fourth-order valence-electron chi connectivity index (χ4n) is 2.11. The van der Waals surface area contributed by atoms with Crippen LogP contribution in [0, 0.1) is 0 Å². The molecule has 11 heteroatoms. The molecule has 0 fully saturated rings. The first kappa shape index (κ1) is 19.6. The molecule has 3 rings (SSSR count). The molecule has 3 aromatic rings. The molecule has 2 aromatic carbocycles. The van der Waals surface area contributed by atoms with Crippen LogP contribution in [-0.4, -0.2) is 32.6 Å². The standard InChI is InChI=1S/C18H16N8O2S/c19-15(27)13(24-22-11-7-3-1-4-8-11)17-21-18(29-26-17)14(16(20)28)25-23-12-9-5-2-6-10-12/h1-10,22-23H,(H2,19,27)(H2,20,28)/b24-13+,25-14-. The van der Waals surface area contributed by atoms with E-state index in [1.165, 1.54) is 0 Å². The lowest BCUT2D eigenvalue weighted by Gasteiger charge is -2.02. The van der Waals surface area contributed by atoms with Crippen molar-refractivity contribution in [3.05, 3.63) is 71.5 Å². The molecule has 1 aromatic heterocycles. The molecule has 0 spiro atoms. The fraction of sp³-hybridized carbons (Fsp3) is 0. The average molecular weight is 408 g/mol. The maximum Gasteiger partial charge on any atom is 0.273 e. The van der Waals surface area contributed by atoms with Gasteiger partial charge in [0.25, 0.3) is 11.8 Å². The van der Waals surface area contributed by atoms with Gasteiger partial charge in [0.1, 0.15) is 0 Å². The van der Waals surface area contributed by atoms with E-state index in [1.54, 1.807) is 48.5 Å². The molecule has 0 aliphatic heterocycles. The highest BCUT2D eigenvalue weighted by molar-refractivity contribution is 7.09. The highest BCUT2D eigenvalue weighted by atomic mass is 32.1. The number of rotatable bonds is 8. The number of para-hydroxylation sites is 2. The number of carbonyl (C=O) groups excluding carboxylic acids is 2. The summed E-state index contributed by atoms with van der Waals surface area (Å²) < 4.78 is 4.05. The first-order chi connectivity index (χ1) is 14.0. The van der Waals surface area contributed by atoms with Gasteiger partial charge in [0.2, 0.25) is 0 Å². The smallest absolute Gasteiger partial charge is 0.273 e. The van der Waals surface area contributed by atoms with E-state index in [-0.39, 0.29) is 22.3 Å². The molecule has 0 atom stereocenters. The van der Waals surface area contributed by atoms with Crippen LogP contribution in [-0.2, 0) is 9.59 Å². The molecule has 0 aliphatic carbocycles. The molecule has 1 heterocycles. The molecule has 29 heavy (non-hydrogen) atoms. The summed E-state index contributed by atoms with van der Waals surface area (Å²) in [6.45, 7) is 0. The van der Waals surface area contributed by atoms with Crippen molar-refractivity contribution >= 4 is 46.1 Å². The number of primary amides is 2. The van der Waals surface area contributed by atoms with Crippen LogP contribution in [0.3, 0.4) is 0 Å². The summed E-state index contributed by atoms with van der Waals surface area (Å²) in [4.78, 5) is 27.7. The van der Waals surface area contributed by atoms with Gasteiger partial charge in [-0.3, -0.25) is 20.4 Å². The quantitative estimate of drug-likeness (QED) is 0.323. The second kappa shape index (κ2) is 9.19. The summed E-state index contributed by atoms with van der Waals surface area (Å²) in [6, 6.07) is 17.9.